The SMILES string of the molecule is CCCCCCCC/C=C/CCCCCCCC(=O)OC(C(C)C)C(C)C. The third-order valence-corrected chi connectivity index (χ3v) is 5.22. The predicted octanol–water partition coefficient (Wildman–Crippen LogP) is 8.25. The molecule has 0 spiro atoms. The molecule has 0 unspecified atom stereocenters. The Morgan fingerprint density at radius 2 is 1.15 bits per heavy atom. The highest BCUT2D eigenvalue weighted by Crippen LogP contribution is 2.18. The number of hydrogen-bond donors (Lipinski definition) is 0. The molecule has 0 aliphatic carbocycles. The number of allylic oxidation sites excluding steroid dienone is 2. The highest BCUT2D eigenvalue weighted by Gasteiger charge is 2.21. The normalized spacial score (nSPS) is 12.0. The first kappa shape index (κ1) is 26.2. The van der Waals surface area contributed by atoms with E-state index in [-0.39, 0.29) is 12.1 Å². The van der Waals surface area contributed by atoms with E-state index in [9.17, 15) is 4.79 Å². The lowest BCUT2D eigenvalue weighted by atomic mass is 9.96. The predicted molar refractivity (Wildman–Crippen MR) is 119 cm³/mol. The maximum Gasteiger partial charge on any atom is 0.306 e. The molecule has 0 saturated heterocycles. The van der Waals surface area contributed by atoms with Gasteiger partial charge >= 0.3 is 5.97 Å². The van der Waals surface area contributed by atoms with Crippen LogP contribution in [-0.4, -0.2) is 12.1 Å². The van der Waals surface area contributed by atoms with Crippen molar-refractivity contribution in [2.75, 3.05) is 0 Å². The Kier molecular flexibility index (Phi) is 18.0. The van der Waals surface area contributed by atoms with E-state index in [1.807, 2.05) is 0 Å². The fourth-order valence-electron chi connectivity index (χ4n) is 3.59. The molecule has 0 fully saturated rings. The zero-order valence-corrected chi connectivity index (χ0v) is 19.1. The zero-order chi connectivity index (χ0) is 20.3. The highest BCUT2D eigenvalue weighted by molar-refractivity contribution is 5.69. The van der Waals surface area contributed by atoms with Gasteiger partial charge in [-0.1, -0.05) is 98.1 Å². The number of carbonyl (C=O) groups excluding carboxylic acids is 1. The van der Waals surface area contributed by atoms with Crippen LogP contribution in [0, 0.1) is 11.8 Å². The monoisotopic (exact) mass is 380 g/mol. The molecule has 0 aromatic rings. The second-order valence-corrected chi connectivity index (χ2v) is 8.78. The van der Waals surface area contributed by atoms with Crippen LogP contribution in [0.2, 0.25) is 0 Å². The van der Waals surface area contributed by atoms with Gasteiger partial charge in [0.15, 0.2) is 0 Å². The fourth-order valence-corrected chi connectivity index (χ4v) is 3.59. The maximum atomic E-state index is 12.0. The quantitative estimate of drug-likeness (QED) is 0.136. The van der Waals surface area contributed by atoms with Gasteiger partial charge in [0, 0.05) is 6.42 Å². The summed E-state index contributed by atoms with van der Waals surface area (Å²) in [6.45, 7) is 10.8. The van der Waals surface area contributed by atoms with Crippen molar-refractivity contribution in [1.82, 2.24) is 0 Å². The van der Waals surface area contributed by atoms with Crippen LogP contribution in [0.5, 0.6) is 0 Å². The minimum Gasteiger partial charge on any atom is -0.462 e. The minimum absolute atomic E-state index is 0.0139. The summed E-state index contributed by atoms with van der Waals surface area (Å²) < 4.78 is 5.64. The van der Waals surface area contributed by atoms with Crippen molar-refractivity contribution in [3.63, 3.8) is 0 Å². The van der Waals surface area contributed by atoms with Crippen LogP contribution >= 0.6 is 0 Å². The van der Waals surface area contributed by atoms with E-state index in [0.717, 1.165) is 12.8 Å². The standard InChI is InChI=1S/C25H48O2/c1-6-7-8-9-10-11-12-13-14-15-16-17-18-19-20-21-24(26)27-25(22(2)3)23(4)5/h13-14,22-23,25H,6-12,15-21H2,1-5H3/b14-13+. The molecule has 27 heavy (non-hydrogen) atoms. The van der Waals surface area contributed by atoms with Gasteiger partial charge < -0.3 is 4.74 Å². The molecule has 2 nitrogen and oxygen atoms in total. The van der Waals surface area contributed by atoms with Crippen LogP contribution in [0.3, 0.4) is 0 Å². The molecule has 0 heterocycles. The fraction of sp³-hybridized carbons (Fsp3) is 0.880. The lowest BCUT2D eigenvalue weighted by Gasteiger charge is -2.24. The molecule has 0 aliphatic rings. The summed E-state index contributed by atoms with van der Waals surface area (Å²) in [4.78, 5) is 12.0. The molecule has 0 rings (SSSR count). The summed E-state index contributed by atoms with van der Waals surface area (Å²) in [6.07, 6.45) is 22.0. The summed E-state index contributed by atoms with van der Waals surface area (Å²) >= 11 is 0. The molecule has 0 saturated carbocycles. The molecule has 0 aliphatic heterocycles. The molecule has 0 N–H and O–H groups in total. The first-order valence-corrected chi connectivity index (χ1v) is 11.8. The summed E-state index contributed by atoms with van der Waals surface area (Å²) in [5, 5.41) is 0. The lowest BCUT2D eigenvalue weighted by Crippen LogP contribution is -2.28. The Bertz CT molecular complexity index is 349. The number of carbonyl (C=O) groups is 1. The molecular formula is C25H48O2. The molecule has 2 heteroatoms. The van der Waals surface area contributed by atoms with Crippen molar-refractivity contribution in [2.24, 2.45) is 11.8 Å². The van der Waals surface area contributed by atoms with Gasteiger partial charge in [0.25, 0.3) is 0 Å². The number of rotatable bonds is 18. The summed E-state index contributed by atoms with van der Waals surface area (Å²) in [6, 6.07) is 0. The van der Waals surface area contributed by atoms with Gasteiger partial charge in [0.2, 0.25) is 0 Å². The van der Waals surface area contributed by atoms with Crippen LogP contribution in [0.25, 0.3) is 0 Å². The Labute approximate surface area is 170 Å². The van der Waals surface area contributed by atoms with Crippen molar-refractivity contribution in [2.45, 2.75) is 131 Å². The molecule has 0 amide bonds. The van der Waals surface area contributed by atoms with Crippen molar-refractivity contribution in [1.29, 1.82) is 0 Å². The molecule has 0 bridgehead atoms. The van der Waals surface area contributed by atoms with Crippen LogP contribution < -0.4 is 0 Å². The molecular weight excluding hydrogens is 332 g/mol. The second-order valence-electron chi connectivity index (χ2n) is 8.78. The van der Waals surface area contributed by atoms with E-state index in [1.54, 1.807) is 0 Å². The zero-order valence-electron chi connectivity index (χ0n) is 19.1. The summed E-state index contributed by atoms with van der Waals surface area (Å²) in [5.41, 5.74) is 0. The highest BCUT2D eigenvalue weighted by atomic mass is 16.5. The van der Waals surface area contributed by atoms with Crippen molar-refractivity contribution in [3.05, 3.63) is 12.2 Å². The average molecular weight is 381 g/mol. The topological polar surface area (TPSA) is 26.3 Å². The van der Waals surface area contributed by atoms with Gasteiger partial charge in [0.05, 0.1) is 0 Å². The largest absolute Gasteiger partial charge is 0.462 e. The Morgan fingerprint density at radius 1 is 0.704 bits per heavy atom. The molecule has 0 aromatic carbocycles. The summed E-state index contributed by atoms with van der Waals surface area (Å²) in [7, 11) is 0. The van der Waals surface area contributed by atoms with Gasteiger partial charge in [-0.05, 0) is 43.9 Å². The van der Waals surface area contributed by atoms with Crippen molar-refractivity contribution >= 4 is 5.97 Å². The average Bonchev–Trinajstić information content (AvgIpc) is 2.62. The Balaban J connectivity index is 3.44. The lowest BCUT2D eigenvalue weighted by molar-refractivity contribution is -0.154. The van der Waals surface area contributed by atoms with E-state index in [2.05, 4.69) is 46.8 Å². The van der Waals surface area contributed by atoms with Crippen LogP contribution in [0.15, 0.2) is 12.2 Å². The number of unbranched alkanes of at least 4 members (excludes halogenated alkanes) is 11. The van der Waals surface area contributed by atoms with Crippen molar-refractivity contribution < 1.29 is 9.53 Å². The molecule has 0 atom stereocenters. The van der Waals surface area contributed by atoms with E-state index >= 15 is 0 Å². The van der Waals surface area contributed by atoms with E-state index in [0.29, 0.717) is 18.3 Å². The van der Waals surface area contributed by atoms with Crippen LogP contribution in [0.1, 0.15) is 125 Å². The van der Waals surface area contributed by atoms with E-state index in [1.165, 1.54) is 70.6 Å². The van der Waals surface area contributed by atoms with Crippen LogP contribution in [0.4, 0.5) is 0 Å². The molecule has 0 aromatic heterocycles. The Hall–Kier alpha value is -0.790. The van der Waals surface area contributed by atoms with Gasteiger partial charge in [-0.25, -0.2) is 0 Å². The minimum atomic E-state index is -0.0139. The van der Waals surface area contributed by atoms with Gasteiger partial charge in [-0.2, -0.15) is 0 Å². The first-order chi connectivity index (χ1) is 13.0. The van der Waals surface area contributed by atoms with E-state index in [4.69, 9.17) is 4.74 Å². The molecule has 0 radical (unpaired) electrons. The second kappa shape index (κ2) is 18.6. The van der Waals surface area contributed by atoms with E-state index < -0.39 is 0 Å². The number of hydrogen-bond acceptors (Lipinski definition) is 2. The van der Waals surface area contributed by atoms with Gasteiger partial charge in [-0.3, -0.25) is 4.79 Å². The van der Waals surface area contributed by atoms with Crippen LogP contribution in [-0.2, 0) is 9.53 Å². The number of ether oxygens (including phenoxy) is 1. The smallest absolute Gasteiger partial charge is 0.306 e. The Morgan fingerprint density at radius 3 is 1.63 bits per heavy atom. The third kappa shape index (κ3) is 17.1. The molecule has 160 valence electrons. The number of esters is 1. The first-order valence-electron chi connectivity index (χ1n) is 11.8. The van der Waals surface area contributed by atoms with Crippen molar-refractivity contribution in [3.8, 4) is 0 Å². The van der Waals surface area contributed by atoms with Gasteiger partial charge in [-0.15, -0.1) is 0 Å². The third-order valence-electron chi connectivity index (χ3n) is 5.22. The maximum absolute atomic E-state index is 12.0. The summed E-state index contributed by atoms with van der Waals surface area (Å²) in [5.74, 6) is 0.770. The van der Waals surface area contributed by atoms with Gasteiger partial charge in [0.1, 0.15) is 6.10 Å².